The second-order valence-electron chi connectivity index (χ2n) is 6.62. The smallest absolute Gasteiger partial charge is 0.0254 e. The van der Waals surface area contributed by atoms with Crippen molar-refractivity contribution in [1.82, 2.24) is 4.90 Å². The van der Waals surface area contributed by atoms with Crippen LogP contribution in [0.2, 0.25) is 0 Å². The van der Waals surface area contributed by atoms with Crippen LogP contribution in [0.15, 0.2) is 0 Å². The molecule has 0 spiro atoms. The molecule has 0 saturated carbocycles. The fourth-order valence-electron chi connectivity index (χ4n) is 3.17. The summed E-state index contributed by atoms with van der Waals surface area (Å²) < 4.78 is 0. The Balaban J connectivity index is 2.41. The van der Waals surface area contributed by atoms with Gasteiger partial charge in [0.05, 0.1) is 0 Å². The Hall–Kier alpha value is -0.0800. The van der Waals surface area contributed by atoms with E-state index in [0.717, 1.165) is 24.8 Å². The Morgan fingerprint density at radius 2 is 2.00 bits per heavy atom. The first-order chi connectivity index (χ1) is 7.94. The molecular formula is C15H32N2. The summed E-state index contributed by atoms with van der Waals surface area (Å²) in [5, 5.41) is 0. The fourth-order valence-corrected chi connectivity index (χ4v) is 3.17. The van der Waals surface area contributed by atoms with Crippen LogP contribution in [0.1, 0.15) is 59.8 Å². The standard InChI is InChI=1S/C15H32N2/c1-5-9-15(4,16)12-17-10-6-7-14(8-11-17)13(2)3/h13-14H,5-12,16H2,1-4H3. The molecule has 1 fully saturated rings. The van der Waals surface area contributed by atoms with E-state index in [1.165, 1.54) is 38.8 Å². The average molecular weight is 240 g/mol. The van der Waals surface area contributed by atoms with Gasteiger partial charge in [0.2, 0.25) is 0 Å². The van der Waals surface area contributed by atoms with Gasteiger partial charge in [-0.2, -0.15) is 0 Å². The fraction of sp³-hybridized carbons (Fsp3) is 1.00. The van der Waals surface area contributed by atoms with Gasteiger partial charge in [0, 0.05) is 12.1 Å². The molecule has 0 bridgehead atoms. The number of nitrogens with zero attached hydrogens (tertiary/aromatic N) is 1. The highest BCUT2D eigenvalue weighted by atomic mass is 15.1. The van der Waals surface area contributed by atoms with Gasteiger partial charge in [-0.1, -0.05) is 27.2 Å². The maximum atomic E-state index is 6.36. The van der Waals surface area contributed by atoms with Crippen LogP contribution in [0.5, 0.6) is 0 Å². The second kappa shape index (κ2) is 6.75. The summed E-state index contributed by atoms with van der Waals surface area (Å²) >= 11 is 0. The molecule has 17 heavy (non-hydrogen) atoms. The highest BCUT2D eigenvalue weighted by Gasteiger charge is 2.24. The Labute approximate surface area is 108 Å². The molecule has 1 heterocycles. The Morgan fingerprint density at radius 1 is 1.29 bits per heavy atom. The van der Waals surface area contributed by atoms with E-state index in [1.807, 2.05) is 0 Å². The van der Waals surface area contributed by atoms with Crippen LogP contribution in [-0.4, -0.2) is 30.1 Å². The van der Waals surface area contributed by atoms with Crippen molar-refractivity contribution in [3.63, 3.8) is 0 Å². The van der Waals surface area contributed by atoms with Crippen molar-refractivity contribution in [3.05, 3.63) is 0 Å². The third kappa shape index (κ3) is 5.39. The predicted molar refractivity (Wildman–Crippen MR) is 76.1 cm³/mol. The SMILES string of the molecule is CCCC(C)(N)CN1CCCC(C(C)C)CC1. The van der Waals surface area contributed by atoms with Crippen LogP contribution >= 0.6 is 0 Å². The molecule has 0 aromatic carbocycles. The Kier molecular flexibility index (Phi) is 5.94. The molecule has 1 saturated heterocycles. The lowest BCUT2D eigenvalue weighted by Gasteiger charge is -2.32. The van der Waals surface area contributed by atoms with Gasteiger partial charge < -0.3 is 10.6 Å². The molecule has 0 aliphatic carbocycles. The van der Waals surface area contributed by atoms with E-state index < -0.39 is 0 Å². The minimum atomic E-state index is 0.00637. The summed E-state index contributed by atoms with van der Waals surface area (Å²) in [4.78, 5) is 2.60. The van der Waals surface area contributed by atoms with Gasteiger partial charge in [0.15, 0.2) is 0 Å². The lowest BCUT2D eigenvalue weighted by atomic mass is 9.89. The van der Waals surface area contributed by atoms with Gasteiger partial charge in [0.1, 0.15) is 0 Å². The van der Waals surface area contributed by atoms with Crippen LogP contribution in [0.25, 0.3) is 0 Å². The zero-order chi connectivity index (χ0) is 12.9. The van der Waals surface area contributed by atoms with Crippen molar-refractivity contribution < 1.29 is 0 Å². The van der Waals surface area contributed by atoms with E-state index in [9.17, 15) is 0 Å². The minimum absolute atomic E-state index is 0.00637. The maximum Gasteiger partial charge on any atom is 0.0254 e. The third-order valence-electron chi connectivity index (χ3n) is 4.21. The molecule has 2 N–H and O–H groups in total. The molecule has 0 aromatic heterocycles. The van der Waals surface area contributed by atoms with Crippen LogP contribution in [0.4, 0.5) is 0 Å². The number of hydrogen-bond acceptors (Lipinski definition) is 2. The van der Waals surface area contributed by atoms with E-state index in [1.54, 1.807) is 0 Å². The number of hydrogen-bond donors (Lipinski definition) is 1. The first kappa shape index (κ1) is 15.0. The van der Waals surface area contributed by atoms with Crippen LogP contribution < -0.4 is 5.73 Å². The monoisotopic (exact) mass is 240 g/mol. The predicted octanol–water partition coefficient (Wildman–Crippen LogP) is 3.26. The Bertz CT molecular complexity index is 211. The van der Waals surface area contributed by atoms with E-state index in [-0.39, 0.29) is 5.54 Å². The van der Waals surface area contributed by atoms with E-state index >= 15 is 0 Å². The molecule has 2 heteroatoms. The molecule has 0 radical (unpaired) electrons. The van der Waals surface area contributed by atoms with Crippen molar-refractivity contribution in [3.8, 4) is 0 Å². The van der Waals surface area contributed by atoms with Crippen molar-refractivity contribution in [2.24, 2.45) is 17.6 Å². The molecule has 1 aliphatic heterocycles. The summed E-state index contributed by atoms with van der Waals surface area (Å²) in [7, 11) is 0. The first-order valence-corrected chi connectivity index (χ1v) is 7.46. The molecule has 2 nitrogen and oxygen atoms in total. The van der Waals surface area contributed by atoms with E-state index in [0.29, 0.717) is 0 Å². The molecule has 0 amide bonds. The summed E-state index contributed by atoms with van der Waals surface area (Å²) in [5.74, 6) is 1.77. The van der Waals surface area contributed by atoms with Gasteiger partial charge >= 0.3 is 0 Å². The average Bonchev–Trinajstić information content (AvgIpc) is 2.42. The van der Waals surface area contributed by atoms with Crippen molar-refractivity contribution >= 4 is 0 Å². The maximum absolute atomic E-state index is 6.36. The third-order valence-corrected chi connectivity index (χ3v) is 4.21. The largest absolute Gasteiger partial charge is 0.324 e. The second-order valence-corrected chi connectivity index (χ2v) is 6.62. The molecule has 1 aliphatic rings. The molecule has 2 unspecified atom stereocenters. The van der Waals surface area contributed by atoms with Gasteiger partial charge in [0.25, 0.3) is 0 Å². The topological polar surface area (TPSA) is 29.3 Å². The summed E-state index contributed by atoms with van der Waals surface area (Å²) in [6.07, 6.45) is 6.45. The highest BCUT2D eigenvalue weighted by Crippen LogP contribution is 2.25. The molecule has 2 atom stereocenters. The van der Waals surface area contributed by atoms with Crippen molar-refractivity contribution in [1.29, 1.82) is 0 Å². The van der Waals surface area contributed by atoms with Gasteiger partial charge in [-0.05, 0) is 57.5 Å². The van der Waals surface area contributed by atoms with Crippen molar-refractivity contribution in [2.75, 3.05) is 19.6 Å². The molecular weight excluding hydrogens is 208 g/mol. The minimum Gasteiger partial charge on any atom is -0.324 e. The summed E-state index contributed by atoms with van der Waals surface area (Å²) in [6, 6.07) is 0. The van der Waals surface area contributed by atoms with Crippen LogP contribution in [0, 0.1) is 11.8 Å². The van der Waals surface area contributed by atoms with Crippen molar-refractivity contribution in [2.45, 2.75) is 65.3 Å². The van der Waals surface area contributed by atoms with E-state index in [4.69, 9.17) is 5.73 Å². The molecule has 102 valence electrons. The lowest BCUT2D eigenvalue weighted by Crippen LogP contribution is -2.48. The first-order valence-electron chi connectivity index (χ1n) is 7.46. The summed E-state index contributed by atoms with van der Waals surface area (Å²) in [5.41, 5.74) is 6.37. The number of nitrogens with two attached hydrogens (primary N) is 1. The number of rotatable bonds is 5. The summed E-state index contributed by atoms with van der Waals surface area (Å²) in [6.45, 7) is 12.7. The Morgan fingerprint density at radius 3 is 2.59 bits per heavy atom. The highest BCUT2D eigenvalue weighted by molar-refractivity contribution is 4.84. The van der Waals surface area contributed by atoms with Crippen LogP contribution in [0.3, 0.4) is 0 Å². The zero-order valence-electron chi connectivity index (χ0n) is 12.3. The lowest BCUT2D eigenvalue weighted by molar-refractivity contribution is 0.210. The number of likely N-dealkylation sites (tertiary alicyclic amines) is 1. The van der Waals surface area contributed by atoms with Gasteiger partial charge in [-0.3, -0.25) is 0 Å². The molecule has 0 aromatic rings. The van der Waals surface area contributed by atoms with E-state index in [2.05, 4.69) is 32.6 Å². The van der Waals surface area contributed by atoms with Gasteiger partial charge in [-0.15, -0.1) is 0 Å². The molecule has 1 rings (SSSR count). The normalized spacial score (nSPS) is 26.8. The van der Waals surface area contributed by atoms with Crippen LogP contribution in [-0.2, 0) is 0 Å². The quantitative estimate of drug-likeness (QED) is 0.799. The van der Waals surface area contributed by atoms with Gasteiger partial charge in [-0.25, -0.2) is 0 Å². The zero-order valence-corrected chi connectivity index (χ0v) is 12.3.